The Kier molecular flexibility index (Phi) is 39.5. The van der Waals surface area contributed by atoms with Gasteiger partial charge >= 0.3 is 19.8 Å². The van der Waals surface area contributed by atoms with E-state index >= 15 is 0 Å². The first-order chi connectivity index (χ1) is 28.5. The number of ether oxygens (including phenoxy) is 2. The van der Waals surface area contributed by atoms with Crippen LogP contribution in [0.3, 0.4) is 0 Å². The van der Waals surface area contributed by atoms with Crippen LogP contribution in [0.2, 0.25) is 0 Å². The van der Waals surface area contributed by atoms with Crippen molar-refractivity contribution >= 4 is 19.8 Å². The molecule has 0 bridgehead atoms. The second-order valence-electron chi connectivity index (χ2n) is 16.8. The minimum atomic E-state index is -4.38. The third-order valence-electron chi connectivity index (χ3n) is 9.78. The van der Waals surface area contributed by atoms with Gasteiger partial charge in [-0.25, -0.2) is 4.57 Å². The normalized spacial score (nSPS) is 14.1. The van der Waals surface area contributed by atoms with Gasteiger partial charge in [-0.05, 0) is 77.0 Å². The number of phosphoric acid groups is 1. The summed E-state index contributed by atoms with van der Waals surface area (Å²) < 4.78 is 34.4. The second kappa shape index (κ2) is 41.1. The van der Waals surface area contributed by atoms with E-state index < -0.39 is 26.5 Å². The number of nitrogens with zero attached hydrogens (tertiary/aromatic N) is 1. The van der Waals surface area contributed by atoms with Crippen LogP contribution in [0.4, 0.5) is 0 Å². The Hall–Kier alpha value is -2.29. The molecule has 0 aromatic rings. The van der Waals surface area contributed by atoms with Crippen molar-refractivity contribution in [2.75, 3.05) is 47.5 Å². The third-order valence-corrected chi connectivity index (χ3v) is 10.8. The zero-order valence-corrected chi connectivity index (χ0v) is 39.4. The maximum absolute atomic E-state index is 12.7. The number of quaternary nitrogens is 1. The lowest BCUT2D eigenvalue weighted by atomic mass is 10.1. The number of phosphoric ester groups is 1. The van der Waals surface area contributed by atoms with Crippen LogP contribution in [0.25, 0.3) is 0 Å². The lowest BCUT2D eigenvalue weighted by Gasteiger charge is -2.24. The molecular weight excluding hydrogens is 762 g/mol. The molecule has 2 unspecified atom stereocenters. The van der Waals surface area contributed by atoms with E-state index in [1.165, 1.54) is 64.2 Å². The molecule has 0 aromatic carbocycles. The van der Waals surface area contributed by atoms with Crippen molar-refractivity contribution in [1.29, 1.82) is 0 Å². The highest BCUT2D eigenvalue weighted by Gasteiger charge is 2.27. The molecule has 0 radical (unpaired) electrons. The number of esters is 2. The van der Waals surface area contributed by atoms with Crippen LogP contribution in [-0.2, 0) is 32.7 Å². The number of rotatable bonds is 42. The van der Waals surface area contributed by atoms with Gasteiger partial charge in [0.15, 0.2) is 6.10 Å². The number of unbranched alkanes of at least 4 members (excludes halogenated alkanes) is 18. The summed E-state index contributed by atoms with van der Waals surface area (Å²) in [6, 6.07) is 0. The van der Waals surface area contributed by atoms with Crippen molar-refractivity contribution < 1.29 is 42.1 Å². The van der Waals surface area contributed by atoms with Gasteiger partial charge in [0, 0.05) is 12.8 Å². The third kappa shape index (κ3) is 45.1. The van der Waals surface area contributed by atoms with Gasteiger partial charge in [-0.15, -0.1) is 0 Å². The number of likely N-dealkylation sites (N-methyl/N-ethyl adjacent to an activating group) is 1. The molecule has 0 rings (SSSR count). The lowest BCUT2D eigenvalue weighted by Crippen LogP contribution is -2.37. The highest BCUT2D eigenvalue weighted by molar-refractivity contribution is 7.47. The predicted octanol–water partition coefficient (Wildman–Crippen LogP) is 13.6. The first kappa shape index (κ1) is 56.7. The number of carbonyl (C=O) groups is 2. The van der Waals surface area contributed by atoms with Gasteiger partial charge in [0.2, 0.25) is 0 Å². The summed E-state index contributed by atoms with van der Waals surface area (Å²) in [5.74, 6) is -0.819. The van der Waals surface area contributed by atoms with E-state index in [-0.39, 0.29) is 32.0 Å². The zero-order chi connectivity index (χ0) is 43.6. The summed E-state index contributed by atoms with van der Waals surface area (Å²) in [5.41, 5.74) is 0. The van der Waals surface area contributed by atoms with E-state index in [1.54, 1.807) is 0 Å². The molecule has 10 heteroatoms. The van der Waals surface area contributed by atoms with Gasteiger partial charge in [-0.2, -0.15) is 0 Å². The summed E-state index contributed by atoms with van der Waals surface area (Å²) in [6.45, 7) is 4.28. The molecule has 342 valence electrons. The van der Waals surface area contributed by atoms with Crippen molar-refractivity contribution in [3.8, 4) is 0 Å². The Balaban J connectivity index is 4.33. The van der Waals surface area contributed by atoms with Gasteiger partial charge in [0.05, 0.1) is 27.7 Å². The summed E-state index contributed by atoms with van der Waals surface area (Å²) in [5, 5.41) is 0. The van der Waals surface area contributed by atoms with Crippen LogP contribution in [0, 0.1) is 0 Å². The first-order valence-electron chi connectivity index (χ1n) is 23.5. The van der Waals surface area contributed by atoms with E-state index in [4.69, 9.17) is 18.5 Å². The van der Waals surface area contributed by atoms with Crippen LogP contribution in [0.15, 0.2) is 60.8 Å². The van der Waals surface area contributed by atoms with E-state index in [0.717, 1.165) is 89.9 Å². The van der Waals surface area contributed by atoms with Crippen LogP contribution in [0.5, 0.6) is 0 Å². The summed E-state index contributed by atoms with van der Waals surface area (Å²) in [7, 11) is 1.46. The van der Waals surface area contributed by atoms with Crippen molar-refractivity contribution in [3.63, 3.8) is 0 Å². The molecule has 0 saturated heterocycles. The van der Waals surface area contributed by atoms with Crippen molar-refractivity contribution in [2.45, 2.75) is 193 Å². The van der Waals surface area contributed by atoms with Gasteiger partial charge in [-0.1, -0.05) is 158 Å². The number of hydrogen-bond donors (Lipinski definition) is 1. The fourth-order valence-corrected chi connectivity index (χ4v) is 6.86. The summed E-state index contributed by atoms with van der Waals surface area (Å²) >= 11 is 0. The topological polar surface area (TPSA) is 108 Å². The lowest BCUT2D eigenvalue weighted by molar-refractivity contribution is -0.870. The monoisotopic (exact) mass is 851 g/mol. The Morgan fingerprint density at radius 1 is 0.542 bits per heavy atom. The number of carbonyl (C=O) groups excluding carboxylic acids is 2. The molecule has 9 nitrogen and oxygen atoms in total. The smallest absolute Gasteiger partial charge is 0.462 e. The van der Waals surface area contributed by atoms with Crippen LogP contribution < -0.4 is 0 Å². The molecular formula is C49H89NO8P+. The Bertz CT molecular complexity index is 1190. The first-order valence-corrected chi connectivity index (χ1v) is 25.0. The summed E-state index contributed by atoms with van der Waals surface area (Å²) in [6.07, 6.45) is 49.8. The van der Waals surface area contributed by atoms with E-state index in [1.807, 2.05) is 21.1 Å². The fourth-order valence-electron chi connectivity index (χ4n) is 6.12. The average molecular weight is 851 g/mol. The molecule has 0 aliphatic carbocycles. The maximum atomic E-state index is 12.7. The zero-order valence-electron chi connectivity index (χ0n) is 38.5. The Morgan fingerprint density at radius 3 is 1.46 bits per heavy atom. The quantitative estimate of drug-likeness (QED) is 0.0213. The molecule has 0 fully saturated rings. The summed E-state index contributed by atoms with van der Waals surface area (Å²) in [4.78, 5) is 35.4. The van der Waals surface area contributed by atoms with Gasteiger partial charge in [-0.3, -0.25) is 18.6 Å². The van der Waals surface area contributed by atoms with Gasteiger partial charge in [0.1, 0.15) is 19.8 Å². The standard InChI is InChI=1S/C49H88NO8P/c1-6-8-10-12-14-16-18-20-22-23-24-25-26-27-28-30-32-34-36-38-40-42-49(52)58-47(46-57-59(53,54)56-44-43-50(3,4)5)45-55-48(51)41-39-37-35-33-31-29-21-19-17-15-13-11-9-7-2/h8,10,14,16,19-22,24-25,47H,6-7,9,11-13,15,17-18,23,26-46H2,1-5H3/p+1/b10-8-,16-14-,21-19-,22-20-,25-24-. The average Bonchev–Trinajstić information content (AvgIpc) is 3.19. The fraction of sp³-hybridized carbons (Fsp3) is 0.755. The molecule has 0 aliphatic heterocycles. The van der Waals surface area contributed by atoms with E-state index in [2.05, 4.69) is 74.6 Å². The molecule has 0 heterocycles. The van der Waals surface area contributed by atoms with Crippen LogP contribution in [0.1, 0.15) is 187 Å². The highest BCUT2D eigenvalue weighted by atomic mass is 31.2. The minimum absolute atomic E-state index is 0.0264. The molecule has 0 spiro atoms. The van der Waals surface area contributed by atoms with Crippen LogP contribution >= 0.6 is 7.82 Å². The number of allylic oxidation sites excluding steroid dienone is 10. The molecule has 59 heavy (non-hydrogen) atoms. The second-order valence-corrected chi connectivity index (χ2v) is 18.2. The van der Waals surface area contributed by atoms with Crippen molar-refractivity contribution in [1.82, 2.24) is 0 Å². The predicted molar refractivity (Wildman–Crippen MR) is 247 cm³/mol. The Morgan fingerprint density at radius 2 is 0.966 bits per heavy atom. The molecule has 2 atom stereocenters. The molecule has 0 amide bonds. The van der Waals surface area contributed by atoms with E-state index in [9.17, 15) is 19.0 Å². The molecule has 0 aromatic heterocycles. The highest BCUT2D eigenvalue weighted by Crippen LogP contribution is 2.43. The van der Waals surface area contributed by atoms with Crippen LogP contribution in [-0.4, -0.2) is 74.9 Å². The van der Waals surface area contributed by atoms with Gasteiger partial charge in [0.25, 0.3) is 0 Å². The largest absolute Gasteiger partial charge is 0.472 e. The van der Waals surface area contributed by atoms with Crippen molar-refractivity contribution in [2.24, 2.45) is 0 Å². The van der Waals surface area contributed by atoms with E-state index in [0.29, 0.717) is 17.4 Å². The molecule has 0 saturated carbocycles. The minimum Gasteiger partial charge on any atom is -0.462 e. The maximum Gasteiger partial charge on any atom is 0.472 e. The Labute approximate surface area is 362 Å². The van der Waals surface area contributed by atoms with Gasteiger partial charge < -0.3 is 18.9 Å². The number of hydrogen-bond acceptors (Lipinski definition) is 7. The molecule has 0 aliphatic rings. The van der Waals surface area contributed by atoms with Crippen molar-refractivity contribution in [3.05, 3.63) is 60.8 Å². The SMILES string of the molecule is CC/C=C\C/C=C\C/C=C\C/C=C\CCCCCCCCCCC(=O)OC(COC(=O)CCCCCCC/C=C\CCCCCCC)COP(=O)(O)OCC[N+](C)(C)C. The molecule has 1 N–H and O–H groups in total.